The summed E-state index contributed by atoms with van der Waals surface area (Å²) in [5, 5.41) is 5.73. The van der Waals surface area contributed by atoms with Crippen molar-refractivity contribution in [2.45, 2.75) is 44.2 Å². The second kappa shape index (κ2) is 5.33. The molecule has 2 fully saturated rings. The molecule has 24 heavy (non-hydrogen) atoms. The lowest BCUT2D eigenvalue weighted by Gasteiger charge is -2.21. The zero-order chi connectivity index (χ0) is 16.9. The summed E-state index contributed by atoms with van der Waals surface area (Å²) in [7, 11) is 0. The first-order valence-electron chi connectivity index (χ1n) is 8.50. The number of aryl methyl sites for hydroxylation is 1. The highest BCUT2D eigenvalue weighted by atomic mass is 16.2. The first-order valence-corrected chi connectivity index (χ1v) is 8.50. The van der Waals surface area contributed by atoms with E-state index in [2.05, 4.69) is 16.7 Å². The molecular weight excluding hydrogens is 306 g/mol. The quantitative estimate of drug-likeness (QED) is 0.823. The molecule has 0 bridgehead atoms. The molecule has 0 radical (unpaired) electrons. The average Bonchev–Trinajstić information content (AvgIpc) is 3.31. The van der Waals surface area contributed by atoms with Crippen molar-refractivity contribution in [1.29, 1.82) is 0 Å². The third kappa shape index (κ3) is 2.37. The zero-order valence-electron chi connectivity index (χ0n) is 13.7. The molecule has 4 rings (SSSR count). The third-order valence-corrected chi connectivity index (χ3v) is 5.46. The van der Waals surface area contributed by atoms with Gasteiger partial charge in [-0.2, -0.15) is 0 Å². The Labute approximate surface area is 140 Å². The summed E-state index contributed by atoms with van der Waals surface area (Å²) >= 11 is 0. The van der Waals surface area contributed by atoms with Crippen LogP contribution in [-0.2, 0) is 16.0 Å². The molecule has 1 aliphatic heterocycles. The van der Waals surface area contributed by atoms with E-state index in [1.54, 1.807) is 6.92 Å². The Morgan fingerprint density at radius 3 is 2.79 bits per heavy atom. The van der Waals surface area contributed by atoms with Crippen LogP contribution in [0.3, 0.4) is 0 Å². The van der Waals surface area contributed by atoms with Crippen molar-refractivity contribution in [2.24, 2.45) is 5.92 Å². The van der Waals surface area contributed by atoms with Crippen LogP contribution < -0.4 is 10.6 Å². The maximum atomic E-state index is 12.6. The van der Waals surface area contributed by atoms with Gasteiger partial charge in [-0.1, -0.05) is 24.3 Å². The molecule has 1 heterocycles. The summed E-state index contributed by atoms with van der Waals surface area (Å²) in [6, 6.07) is 7.54. The van der Waals surface area contributed by atoms with Crippen LogP contribution in [0.25, 0.3) is 0 Å². The van der Waals surface area contributed by atoms with E-state index in [-0.39, 0.29) is 30.3 Å². The van der Waals surface area contributed by atoms with E-state index in [1.807, 2.05) is 18.2 Å². The predicted octanol–water partition coefficient (Wildman–Crippen LogP) is 1.51. The van der Waals surface area contributed by atoms with Gasteiger partial charge in [0.05, 0.1) is 6.04 Å². The largest absolute Gasteiger partial charge is 0.348 e. The summed E-state index contributed by atoms with van der Waals surface area (Å²) in [6.07, 6.45) is 3.68. The Hall–Kier alpha value is -2.37. The summed E-state index contributed by atoms with van der Waals surface area (Å²) in [5.41, 5.74) is 1.54. The molecule has 126 valence electrons. The Morgan fingerprint density at radius 1 is 1.29 bits per heavy atom. The maximum Gasteiger partial charge on any atom is 0.325 e. The van der Waals surface area contributed by atoms with Gasteiger partial charge in [0.15, 0.2) is 0 Å². The van der Waals surface area contributed by atoms with Gasteiger partial charge >= 0.3 is 6.03 Å². The smallest absolute Gasteiger partial charge is 0.325 e. The fourth-order valence-corrected chi connectivity index (χ4v) is 3.89. The van der Waals surface area contributed by atoms with Gasteiger partial charge in [0, 0.05) is 0 Å². The number of nitrogens with zero attached hydrogens (tertiary/aromatic N) is 1. The molecule has 2 N–H and O–H groups in total. The lowest BCUT2D eigenvalue weighted by atomic mass is 9.96. The monoisotopic (exact) mass is 327 g/mol. The molecule has 2 atom stereocenters. The number of carbonyl (C=O) groups excluding carboxylic acids is 3. The lowest BCUT2D eigenvalue weighted by Crippen LogP contribution is -2.47. The van der Waals surface area contributed by atoms with Crippen LogP contribution in [0.2, 0.25) is 0 Å². The number of imide groups is 1. The number of hydrogen-bond donors (Lipinski definition) is 2. The SMILES string of the molecule is C[C@]1(C2CC2)NC(=O)N(CC(=O)N[C@@H]2CCc3ccccc32)C1=O. The van der Waals surface area contributed by atoms with Gasteiger partial charge in [0.2, 0.25) is 5.91 Å². The Morgan fingerprint density at radius 2 is 2.04 bits per heavy atom. The van der Waals surface area contributed by atoms with Crippen LogP contribution in [0.15, 0.2) is 24.3 Å². The average molecular weight is 327 g/mol. The molecule has 6 nitrogen and oxygen atoms in total. The van der Waals surface area contributed by atoms with Gasteiger partial charge in [-0.25, -0.2) is 4.79 Å². The van der Waals surface area contributed by atoms with Gasteiger partial charge in [-0.15, -0.1) is 0 Å². The maximum absolute atomic E-state index is 12.6. The van der Waals surface area contributed by atoms with Gasteiger partial charge in [0.25, 0.3) is 5.91 Å². The van der Waals surface area contributed by atoms with Gasteiger partial charge in [0.1, 0.15) is 12.1 Å². The van der Waals surface area contributed by atoms with Crippen LogP contribution in [0.1, 0.15) is 43.4 Å². The number of nitrogens with one attached hydrogen (secondary N) is 2. The number of urea groups is 1. The predicted molar refractivity (Wildman–Crippen MR) is 87.0 cm³/mol. The fraction of sp³-hybridized carbons (Fsp3) is 0.500. The summed E-state index contributed by atoms with van der Waals surface area (Å²) < 4.78 is 0. The number of benzene rings is 1. The summed E-state index contributed by atoms with van der Waals surface area (Å²) in [6.45, 7) is 1.54. The normalized spacial score (nSPS) is 28.7. The third-order valence-electron chi connectivity index (χ3n) is 5.46. The van der Waals surface area contributed by atoms with Crippen molar-refractivity contribution in [3.8, 4) is 0 Å². The van der Waals surface area contributed by atoms with E-state index >= 15 is 0 Å². The van der Waals surface area contributed by atoms with E-state index in [0.29, 0.717) is 0 Å². The molecule has 1 aromatic carbocycles. The second-order valence-corrected chi connectivity index (χ2v) is 7.16. The minimum absolute atomic E-state index is 0.0377. The highest BCUT2D eigenvalue weighted by molar-refractivity contribution is 6.09. The molecule has 3 aliphatic rings. The minimum Gasteiger partial charge on any atom is -0.348 e. The minimum atomic E-state index is -0.836. The summed E-state index contributed by atoms with van der Waals surface area (Å²) in [5.74, 6) is -0.374. The van der Waals surface area contributed by atoms with Gasteiger partial charge in [-0.3, -0.25) is 14.5 Å². The molecule has 6 heteroatoms. The van der Waals surface area contributed by atoms with Crippen molar-refractivity contribution in [3.05, 3.63) is 35.4 Å². The molecule has 0 spiro atoms. The van der Waals surface area contributed by atoms with Crippen molar-refractivity contribution in [2.75, 3.05) is 6.54 Å². The van der Waals surface area contributed by atoms with E-state index < -0.39 is 11.6 Å². The molecule has 2 aliphatic carbocycles. The Balaban J connectivity index is 1.42. The number of hydrogen-bond acceptors (Lipinski definition) is 3. The van der Waals surface area contributed by atoms with Crippen LogP contribution in [0, 0.1) is 5.92 Å². The van der Waals surface area contributed by atoms with Crippen molar-refractivity contribution in [3.63, 3.8) is 0 Å². The first-order chi connectivity index (χ1) is 11.5. The number of carbonyl (C=O) groups is 3. The first kappa shape index (κ1) is 15.2. The topological polar surface area (TPSA) is 78.5 Å². The molecular formula is C18H21N3O3. The van der Waals surface area contributed by atoms with Crippen LogP contribution in [-0.4, -0.2) is 34.8 Å². The molecule has 4 amide bonds. The van der Waals surface area contributed by atoms with E-state index in [4.69, 9.17) is 0 Å². The number of amides is 4. The Kier molecular flexibility index (Phi) is 3.37. The van der Waals surface area contributed by atoms with E-state index in [9.17, 15) is 14.4 Å². The van der Waals surface area contributed by atoms with Crippen LogP contribution in [0.4, 0.5) is 4.79 Å². The highest BCUT2D eigenvalue weighted by Gasteiger charge is 2.56. The van der Waals surface area contributed by atoms with Crippen molar-refractivity contribution < 1.29 is 14.4 Å². The van der Waals surface area contributed by atoms with E-state index in [1.165, 1.54) is 5.56 Å². The van der Waals surface area contributed by atoms with Gasteiger partial charge in [-0.05, 0) is 49.7 Å². The van der Waals surface area contributed by atoms with E-state index in [0.717, 1.165) is 36.1 Å². The molecule has 0 unspecified atom stereocenters. The second-order valence-electron chi connectivity index (χ2n) is 7.16. The summed E-state index contributed by atoms with van der Waals surface area (Å²) in [4.78, 5) is 38.1. The Bertz CT molecular complexity index is 728. The van der Waals surface area contributed by atoms with Crippen LogP contribution in [0.5, 0.6) is 0 Å². The fourth-order valence-electron chi connectivity index (χ4n) is 3.89. The standard InChI is InChI=1S/C18H21N3O3/c1-18(12-7-8-12)16(23)21(17(24)20-18)10-15(22)19-14-9-6-11-4-2-3-5-13(11)14/h2-5,12,14H,6-10H2,1H3,(H,19,22)(H,20,24)/t14-,18-/m1/s1. The van der Waals surface area contributed by atoms with Crippen molar-refractivity contribution in [1.82, 2.24) is 15.5 Å². The molecule has 1 saturated carbocycles. The zero-order valence-corrected chi connectivity index (χ0v) is 13.7. The van der Waals surface area contributed by atoms with Gasteiger partial charge < -0.3 is 10.6 Å². The van der Waals surface area contributed by atoms with Crippen molar-refractivity contribution >= 4 is 17.8 Å². The number of fused-ring (bicyclic) bond motifs is 1. The van der Waals surface area contributed by atoms with Crippen LogP contribution >= 0.6 is 0 Å². The molecule has 0 aromatic heterocycles. The number of rotatable bonds is 4. The molecule has 1 aromatic rings. The highest BCUT2D eigenvalue weighted by Crippen LogP contribution is 2.42. The lowest BCUT2D eigenvalue weighted by molar-refractivity contribution is -0.135. The molecule has 1 saturated heterocycles.